The number of carboxylic acid groups (broad SMARTS) is 1. The molecule has 3 rings (SSSR count). The van der Waals surface area contributed by atoms with Crippen molar-refractivity contribution >= 4 is 17.3 Å². The predicted molar refractivity (Wildman–Crippen MR) is 85.3 cm³/mol. The van der Waals surface area contributed by atoms with E-state index in [2.05, 4.69) is 4.98 Å². The normalized spacial score (nSPS) is 10.4. The van der Waals surface area contributed by atoms with E-state index in [0.717, 1.165) is 16.9 Å². The highest BCUT2D eigenvalue weighted by Crippen LogP contribution is 2.29. The molecule has 0 unspecified atom stereocenters. The molecule has 22 heavy (non-hydrogen) atoms. The molecule has 0 amide bonds. The van der Waals surface area contributed by atoms with Crippen LogP contribution in [0.25, 0.3) is 10.4 Å². The maximum absolute atomic E-state index is 11.1. The van der Waals surface area contributed by atoms with Crippen molar-refractivity contribution in [3.05, 3.63) is 71.4 Å². The summed E-state index contributed by atoms with van der Waals surface area (Å²) < 4.78 is 5.71. The van der Waals surface area contributed by atoms with E-state index in [9.17, 15) is 4.79 Å². The van der Waals surface area contributed by atoms with E-state index in [1.165, 1.54) is 11.3 Å². The van der Waals surface area contributed by atoms with E-state index < -0.39 is 5.97 Å². The first kappa shape index (κ1) is 14.3. The van der Waals surface area contributed by atoms with Crippen molar-refractivity contribution in [1.82, 2.24) is 4.98 Å². The summed E-state index contributed by atoms with van der Waals surface area (Å²) in [7, 11) is 0. The van der Waals surface area contributed by atoms with Gasteiger partial charge in [0.1, 0.15) is 12.4 Å². The zero-order valence-electron chi connectivity index (χ0n) is 11.6. The third-order valence-corrected chi connectivity index (χ3v) is 4.01. The Kier molecular flexibility index (Phi) is 4.16. The van der Waals surface area contributed by atoms with E-state index in [4.69, 9.17) is 9.84 Å². The van der Waals surface area contributed by atoms with Gasteiger partial charge < -0.3 is 9.84 Å². The van der Waals surface area contributed by atoms with Crippen LogP contribution < -0.4 is 4.74 Å². The lowest BCUT2D eigenvalue weighted by molar-refractivity contribution is 0.0692. The summed E-state index contributed by atoms with van der Waals surface area (Å²) in [4.78, 5) is 15.6. The highest BCUT2D eigenvalue weighted by Gasteiger charge is 2.14. The molecule has 0 saturated heterocycles. The first-order valence-electron chi connectivity index (χ1n) is 6.68. The zero-order chi connectivity index (χ0) is 15.4. The van der Waals surface area contributed by atoms with Crippen LogP contribution in [-0.4, -0.2) is 16.1 Å². The van der Waals surface area contributed by atoms with E-state index >= 15 is 0 Å². The molecule has 2 aromatic carbocycles. The molecule has 0 aliphatic carbocycles. The molecule has 5 heteroatoms. The molecule has 4 nitrogen and oxygen atoms in total. The minimum Gasteiger partial charge on any atom is -0.489 e. The first-order chi connectivity index (χ1) is 10.7. The molecule has 0 radical (unpaired) electrons. The average Bonchev–Trinajstić information content (AvgIpc) is 3.04. The van der Waals surface area contributed by atoms with Gasteiger partial charge in [-0.15, -0.1) is 11.3 Å². The number of hydrogen-bond acceptors (Lipinski definition) is 4. The number of thiazole rings is 1. The Morgan fingerprint density at radius 2 is 1.82 bits per heavy atom. The fourth-order valence-corrected chi connectivity index (χ4v) is 2.83. The lowest BCUT2D eigenvalue weighted by Crippen LogP contribution is -1.98. The highest BCUT2D eigenvalue weighted by molar-refractivity contribution is 7.13. The molecule has 0 aliphatic rings. The molecular formula is C17H13NO3S. The van der Waals surface area contributed by atoms with Gasteiger partial charge in [0.05, 0.1) is 10.4 Å². The molecule has 0 aliphatic heterocycles. The molecule has 0 fully saturated rings. The third kappa shape index (κ3) is 3.15. The summed E-state index contributed by atoms with van der Waals surface area (Å²) in [5, 5.41) is 9.10. The van der Waals surface area contributed by atoms with Crippen molar-refractivity contribution in [2.45, 2.75) is 6.61 Å². The van der Waals surface area contributed by atoms with Crippen molar-refractivity contribution in [3.63, 3.8) is 0 Å². The van der Waals surface area contributed by atoms with Gasteiger partial charge in [-0.25, -0.2) is 9.78 Å². The molecule has 1 N–H and O–H groups in total. The first-order valence-corrected chi connectivity index (χ1v) is 7.56. The number of carboxylic acids is 1. The topological polar surface area (TPSA) is 59.4 Å². The van der Waals surface area contributed by atoms with Gasteiger partial charge in [-0.2, -0.15) is 0 Å². The highest BCUT2D eigenvalue weighted by atomic mass is 32.1. The summed E-state index contributed by atoms with van der Waals surface area (Å²) in [5.74, 6) is -0.269. The molecule has 1 heterocycles. The van der Waals surface area contributed by atoms with Gasteiger partial charge >= 0.3 is 5.97 Å². The minimum atomic E-state index is -1.01. The second-order valence-electron chi connectivity index (χ2n) is 4.63. The lowest BCUT2D eigenvalue weighted by Gasteiger charge is -2.07. The van der Waals surface area contributed by atoms with Crippen LogP contribution in [-0.2, 0) is 6.61 Å². The maximum Gasteiger partial charge on any atom is 0.356 e. The number of benzene rings is 2. The van der Waals surface area contributed by atoms with Gasteiger partial charge in [0.25, 0.3) is 0 Å². The summed E-state index contributed by atoms with van der Waals surface area (Å²) in [6.07, 6.45) is 0. The van der Waals surface area contributed by atoms with Gasteiger partial charge in [0.15, 0.2) is 5.69 Å². The summed E-state index contributed by atoms with van der Waals surface area (Å²) in [6, 6.07) is 17.3. The maximum atomic E-state index is 11.1. The Morgan fingerprint density at radius 3 is 2.50 bits per heavy atom. The van der Waals surface area contributed by atoms with Crippen LogP contribution in [0.5, 0.6) is 5.75 Å². The number of aromatic carboxylic acids is 1. The van der Waals surface area contributed by atoms with Gasteiger partial charge in [-0.3, -0.25) is 0 Å². The Morgan fingerprint density at radius 1 is 1.09 bits per heavy atom. The lowest BCUT2D eigenvalue weighted by atomic mass is 10.1. The van der Waals surface area contributed by atoms with Crippen LogP contribution in [0.3, 0.4) is 0 Å². The van der Waals surface area contributed by atoms with Crippen molar-refractivity contribution in [2.24, 2.45) is 0 Å². The standard InChI is InChI=1S/C17H13NO3S/c19-17(20)15-16(22-11-18-15)13-6-8-14(9-7-13)21-10-12-4-2-1-3-5-12/h1-9,11H,10H2,(H,19,20). The third-order valence-electron chi connectivity index (χ3n) is 3.13. The Bertz CT molecular complexity index is 766. The fourth-order valence-electron chi connectivity index (χ4n) is 2.05. The van der Waals surface area contributed by atoms with Crippen LogP contribution in [0.4, 0.5) is 0 Å². The smallest absolute Gasteiger partial charge is 0.356 e. The van der Waals surface area contributed by atoms with E-state index in [-0.39, 0.29) is 5.69 Å². The SMILES string of the molecule is O=C(O)c1ncsc1-c1ccc(OCc2ccccc2)cc1. The van der Waals surface area contributed by atoms with E-state index in [0.29, 0.717) is 11.5 Å². The van der Waals surface area contributed by atoms with Crippen molar-refractivity contribution < 1.29 is 14.6 Å². The van der Waals surface area contributed by atoms with Crippen LogP contribution in [0.1, 0.15) is 16.1 Å². The second-order valence-corrected chi connectivity index (χ2v) is 5.49. The van der Waals surface area contributed by atoms with Crippen LogP contribution in [0, 0.1) is 0 Å². The number of ether oxygens (including phenoxy) is 1. The number of aromatic nitrogens is 1. The minimum absolute atomic E-state index is 0.0861. The number of carbonyl (C=O) groups is 1. The van der Waals surface area contributed by atoms with Crippen LogP contribution >= 0.6 is 11.3 Å². The molecule has 1 aromatic heterocycles. The number of nitrogens with zero attached hydrogens (tertiary/aromatic N) is 1. The largest absolute Gasteiger partial charge is 0.489 e. The predicted octanol–water partition coefficient (Wildman–Crippen LogP) is 4.09. The zero-order valence-corrected chi connectivity index (χ0v) is 12.4. The summed E-state index contributed by atoms with van der Waals surface area (Å²) in [6.45, 7) is 0.501. The van der Waals surface area contributed by atoms with E-state index in [1.54, 1.807) is 5.51 Å². The molecule has 110 valence electrons. The Labute approximate surface area is 131 Å². The van der Waals surface area contributed by atoms with Crippen LogP contribution in [0.15, 0.2) is 60.1 Å². The Hall–Kier alpha value is -2.66. The quantitative estimate of drug-likeness (QED) is 0.771. The molecular weight excluding hydrogens is 298 g/mol. The number of hydrogen-bond donors (Lipinski definition) is 1. The van der Waals surface area contributed by atoms with Gasteiger partial charge in [0.2, 0.25) is 0 Å². The van der Waals surface area contributed by atoms with Gasteiger partial charge in [0, 0.05) is 0 Å². The van der Waals surface area contributed by atoms with Gasteiger partial charge in [-0.1, -0.05) is 30.3 Å². The summed E-state index contributed by atoms with van der Waals surface area (Å²) in [5.41, 5.74) is 3.55. The number of rotatable bonds is 5. The Balaban J connectivity index is 1.73. The molecule has 0 atom stereocenters. The van der Waals surface area contributed by atoms with Gasteiger partial charge in [-0.05, 0) is 35.4 Å². The second kappa shape index (κ2) is 6.41. The molecule has 0 saturated carbocycles. The molecule has 0 spiro atoms. The van der Waals surface area contributed by atoms with Crippen molar-refractivity contribution in [2.75, 3.05) is 0 Å². The monoisotopic (exact) mass is 311 g/mol. The van der Waals surface area contributed by atoms with E-state index in [1.807, 2.05) is 54.6 Å². The average molecular weight is 311 g/mol. The van der Waals surface area contributed by atoms with Crippen molar-refractivity contribution in [1.29, 1.82) is 0 Å². The van der Waals surface area contributed by atoms with Crippen molar-refractivity contribution in [3.8, 4) is 16.2 Å². The molecule has 3 aromatic rings. The fraction of sp³-hybridized carbons (Fsp3) is 0.0588. The van der Waals surface area contributed by atoms with Crippen LogP contribution in [0.2, 0.25) is 0 Å². The molecule has 0 bridgehead atoms. The summed E-state index contributed by atoms with van der Waals surface area (Å²) >= 11 is 1.31.